The lowest BCUT2D eigenvalue weighted by atomic mass is 9.68. The molecule has 2 aromatic rings. The van der Waals surface area contributed by atoms with Crippen LogP contribution in [0.3, 0.4) is 0 Å². The lowest BCUT2D eigenvalue weighted by Gasteiger charge is -2.44. The molecule has 0 aromatic heterocycles. The van der Waals surface area contributed by atoms with Crippen molar-refractivity contribution in [2.75, 3.05) is 24.6 Å². The number of ether oxygens (including phenoxy) is 1. The van der Waals surface area contributed by atoms with E-state index in [9.17, 15) is 13.2 Å². The Hall–Kier alpha value is -2.25. The Labute approximate surface area is 243 Å². The van der Waals surface area contributed by atoms with Crippen molar-refractivity contribution in [3.05, 3.63) is 52.5 Å². The van der Waals surface area contributed by atoms with Gasteiger partial charge in [0, 0.05) is 29.4 Å². The Balaban J connectivity index is 1.41. The fourth-order valence-electron chi connectivity index (χ4n) is 7.47. The zero-order valence-electron chi connectivity index (χ0n) is 23.6. The normalized spacial score (nSPS) is 32.1. The molecular weight excluding hydrogens is 544 g/mol. The molecule has 1 fully saturated rings. The fraction of sp³-hybridized carbons (Fsp3) is 0.594. The summed E-state index contributed by atoms with van der Waals surface area (Å²) in [6.45, 7) is 6.08. The van der Waals surface area contributed by atoms with E-state index in [-0.39, 0.29) is 22.1 Å². The van der Waals surface area contributed by atoms with Crippen LogP contribution in [0.25, 0.3) is 0 Å². The van der Waals surface area contributed by atoms with Crippen molar-refractivity contribution in [1.82, 2.24) is 4.72 Å². The van der Waals surface area contributed by atoms with E-state index in [1.54, 1.807) is 18.2 Å². The standard InChI is InChI=1S/C32H41ClN2O4S/c1-21-6-3-4-7-23-9-10-25(23)18-35-19-32(15-5-8-24-16-26(33)11-13-28(24)32)20-39-30-14-12-27(17-29(30)35)40(37,38)34-31(36)22(21)2/h11-14,16-17,21-23,25H,3-10,15,18-20H2,1-2H3,(H,34,36)/t21-,22+,23+,25-,32-/m0/s1. The molecule has 2 aliphatic heterocycles. The van der Waals surface area contributed by atoms with Gasteiger partial charge < -0.3 is 9.64 Å². The number of carbonyl (C=O) groups is 1. The molecule has 6 nitrogen and oxygen atoms in total. The predicted molar refractivity (Wildman–Crippen MR) is 159 cm³/mol. The third-order valence-electron chi connectivity index (χ3n) is 10.3. The minimum Gasteiger partial charge on any atom is -0.490 e. The first-order chi connectivity index (χ1) is 19.1. The maximum Gasteiger partial charge on any atom is 0.264 e. The number of anilines is 1. The van der Waals surface area contributed by atoms with Crippen LogP contribution in [0.15, 0.2) is 41.3 Å². The zero-order valence-corrected chi connectivity index (χ0v) is 25.2. The smallest absolute Gasteiger partial charge is 0.264 e. The first-order valence-electron chi connectivity index (χ1n) is 15.0. The Bertz CT molecular complexity index is 1400. The second-order valence-corrected chi connectivity index (χ2v) is 15.0. The maximum absolute atomic E-state index is 13.4. The van der Waals surface area contributed by atoms with Gasteiger partial charge in [-0.25, -0.2) is 13.1 Å². The van der Waals surface area contributed by atoms with Crippen molar-refractivity contribution in [3.63, 3.8) is 0 Å². The summed E-state index contributed by atoms with van der Waals surface area (Å²) in [5.74, 6) is 1.30. The van der Waals surface area contributed by atoms with E-state index in [0.717, 1.165) is 62.3 Å². The minimum absolute atomic E-state index is 0.108. The average Bonchev–Trinajstić information content (AvgIpc) is 3.06. The summed E-state index contributed by atoms with van der Waals surface area (Å²) >= 11 is 6.39. The summed E-state index contributed by atoms with van der Waals surface area (Å²) in [7, 11) is -4.02. The molecule has 2 aromatic carbocycles. The van der Waals surface area contributed by atoms with Gasteiger partial charge in [0.15, 0.2) is 0 Å². The number of halogens is 1. The van der Waals surface area contributed by atoms with Crippen molar-refractivity contribution in [3.8, 4) is 5.75 Å². The third kappa shape index (κ3) is 5.24. The lowest BCUT2D eigenvalue weighted by molar-refractivity contribution is -0.124. The number of fused-ring (bicyclic) bond motifs is 4. The van der Waals surface area contributed by atoms with Gasteiger partial charge in [0.2, 0.25) is 5.91 Å². The summed E-state index contributed by atoms with van der Waals surface area (Å²) in [5, 5.41) is 0.761. The van der Waals surface area contributed by atoms with E-state index < -0.39 is 15.9 Å². The second kappa shape index (κ2) is 10.9. The molecule has 2 aliphatic carbocycles. The molecular formula is C32H41ClN2O4S. The molecule has 40 heavy (non-hydrogen) atoms. The van der Waals surface area contributed by atoms with Gasteiger partial charge in [-0.3, -0.25) is 4.79 Å². The van der Waals surface area contributed by atoms with Crippen LogP contribution in [0, 0.1) is 23.7 Å². The van der Waals surface area contributed by atoms with Crippen LogP contribution in [0.4, 0.5) is 5.69 Å². The molecule has 6 rings (SSSR count). The van der Waals surface area contributed by atoms with Crippen LogP contribution < -0.4 is 14.4 Å². The number of rotatable bonds is 0. The fourth-order valence-corrected chi connectivity index (χ4v) is 8.75. The number of benzene rings is 2. The van der Waals surface area contributed by atoms with Gasteiger partial charge in [-0.05, 0) is 97.7 Å². The number of hydrogen-bond acceptors (Lipinski definition) is 5. The van der Waals surface area contributed by atoms with Gasteiger partial charge >= 0.3 is 0 Å². The van der Waals surface area contributed by atoms with Crippen molar-refractivity contribution in [1.29, 1.82) is 0 Å². The van der Waals surface area contributed by atoms with Gasteiger partial charge in [-0.15, -0.1) is 0 Å². The summed E-state index contributed by atoms with van der Waals surface area (Å²) < 4.78 is 35.8. The molecule has 0 radical (unpaired) electrons. The molecule has 2 heterocycles. The quantitative estimate of drug-likeness (QED) is 0.383. The topological polar surface area (TPSA) is 75.7 Å². The van der Waals surface area contributed by atoms with Gasteiger partial charge in [-0.1, -0.05) is 50.8 Å². The number of nitrogens with one attached hydrogen (secondary N) is 1. The Kier molecular flexibility index (Phi) is 7.58. The van der Waals surface area contributed by atoms with Crippen LogP contribution >= 0.6 is 11.6 Å². The summed E-state index contributed by atoms with van der Waals surface area (Å²) in [6.07, 6.45) is 9.92. The van der Waals surface area contributed by atoms with E-state index in [0.29, 0.717) is 24.2 Å². The van der Waals surface area contributed by atoms with Gasteiger partial charge in [0.05, 0.1) is 17.2 Å². The number of aryl methyl sites for hydroxylation is 1. The molecule has 5 atom stereocenters. The van der Waals surface area contributed by atoms with Crippen LogP contribution in [0.5, 0.6) is 5.75 Å². The van der Waals surface area contributed by atoms with Crippen LogP contribution in [-0.4, -0.2) is 34.0 Å². The molecule has 216 valence electrons. The largest absolute Gasteiger partial charge is 0.490 e. The van der Waals surface area contributed by atoms with E-state index in [2.05, 4.69) is 28.7 Å². The second-order valence-electron chi connectivity index (χ2n) is 12.9. The van der Waals surface area contributed by atoms with E-state index in [1.165, 1.54) is 30.4 Å². The highest BCUT2D eigenvalue weighted by molar-refractivity contribution is 7.90. The summed E-state index contributed by atoms with van der Waals surface area (Å²) in [4.78, 5) is 15.5. The molecule has 0 unspecified atom stereocenters. The van der Waals surface area contributed by atoms with E-state index in [4.69, 9.17) is 16.3 Å². The number of amides is 1. The van der Waals surface area contributed by atoms with Crippen molar-refractivity contribution < 1.29 is 17.9 Å². The van der Waals surface area contributed by atoms with Gasteiger partial charge in [0.1, 0.15) is 5.75 Å². The van der Waals surface area contributed by atoms with Gasteiger partial charge in [0.25, 0.3) is 10.0 Å². The molecule has 1 amide bonds. The molecule has 1 N–H and O–H groups in total. The zero-order chi connectivity index (χ0) is 28.1. The molecule has 0 saturated heterocycles. The lowest BCUT2D eigenvalue weighted by Crippen LogP contribution is -2.48. The predicted octanol–water partition coefficient (Wildman–Crippen LogP) is 6.49. The van der Waals surface area contributed by atoms with Crippen LogP contribution in [0.2, 0.25) is 5.02 Å². The van der Waals surface area contributed by atoms with Crippen LogP contribution in [-0.2, 0) is 26.7 Å². The van der Waals surface area contributed by atoms with E-state index in [1.807, 2.05) is 13.0 Å². The minimum atomic E-state index is -4.02. The first-order valence-corrected chi connectivity index (χ1v) is 16.9. The Morgan fingerprint density at radius 2 is 1.80 bits per heavy atom. The average molecular weight is 585 g/mol. The Morgan fingerprint density at radius 1 is 1.00 bits per heavy atom. The molecule has 2 bridgehead atoms. The van der Waals surface area contributed by atoms with Crippen molar-refractivity contribution >= 4 is 33.2 Å². The summed E-state index contributed by atoms with van der Waals surface area (Å²) in [6, 6.07) is 11.3. The third-order valence-corrected chi connectivity index (χ3v) is 11.9. The molecule has 4 aliphatic rings. The highest BCUT2D eigenvalue weighted by Gasteiger charge is 2.43. The number of nitrogens with zero attached hydrogens (tertiary/aromatic N) is 1. The summed E-state index contributed by atoms with van der Waals surface area (Å²) in [5.41, 5.74) is 3.21. The molecule has 1 spiro atoms. The Morgan fingerprint density at radius 3 is 2.60 bits per heavy atom. The molecule has 8 heteroatoms. The number of carbonyl (C=O) groups excluding carboxylic acids is 1. The highest BCUT2D eigenvalue weighted by Crippen LogP contribution is 2.47. The SMILES string of the molecule is C[C@H]1CCCC[C@@H]2CC[C@H]2CN2C[C@@]3(CCCc4cc(Cl)ccc43)COc3ccc(cc32)S(=O)(=O)NC(=O)[C@@H]1C. The number of sulfonamides is 1. The number of hydrogen-bond donors (Lipinski definition) is 1. The first kappa shape index (κ1) is 27.9. The maximum atomic E-state index is 13.4. The van der Waals surface area contributed by atoms with Crippen molar-refractivity contribution in [2.45, 2.75) is 81.9 Å². The van der Waals surface area contributed by atoms with E-state index >= 15 is 0 Å². The highest BCUT2D eigenvalue weighted by atomic mass is 35.5. The van der Waals surface area contributed by atoms with Crippen LogP contribution in [0.1, 0.15) is 76.3 Å². The monoisotopic (exact) mass is 584 g/mol. The van der Waals surface area contributed by atoms with Crippen molar-refractivity contribution in [2.24, 2.45) is 23.7 Å². The van der Waals surface area contributed by atoms with Gasteiger partial charge in [-0.2, -0.15) is 0 Å². The molecule has 1 saturated carbocycles.